The van der Waals surface area contributed by atoms with Crippen molar-refractivity contribution in [3.8, 4) is 0 Å². The summed E-state index contributed by atoms with van der Waals surface area (Å²) in [6, 6.07) is 6.66. The second-order valence-electron chi connectivity index (χ2n) is 5.71. The third-order valence-electron chi connectivity index (χ3n) is 4.25. The Morgan fingerprint density at radius 2 is 2.00 bits per heavy atom. The standard InChI is InChI=1S/C18H24N2/c1-3-8-13-9-7-11-15-17(13)20-16-12-6-5-10-14(16)18(15)19-4-2/h7,9,11H,3-6,8,10,12H2,1-2H3,(H,19,20). The van der Waals surface area contributed by atoms with E-state index in [2.05, 4.69) is 37.4 Å². The zero-order valence-corrected chi connectivity index (χ0v) is 12.6. The van der Waals surface area contributed by atoms with Gasteiger partial charge in [-0.1, -0.05) is 31.5 Å². The third kappa shape index (κ3) is 2.28. The number of hydrogen-bond acceptors (Lipinski definition) is 2. The molecule has 0 bridgehead atoms. The first-order valence-corrected chi connectivity index (χ1v) is 8.02. The van der Waals surface area contributed by atoms with Gasteiger partial charge in [0.05, 0.1) is 5.52 Å². The average Bonchev–Trinajstić information content (AvgIpc) is 2.48. The first kappa shape index (κ1) is 13.4. The van der Waals surface area contributed by atoms with Crippen LogP contribution in [0.2, 0.25) is 0 Å². The van der Waals surface area contributed by atoms with E-state index in [0.717, 1.165) is 19.4 Å². The van der Waals surface area contributed by atoms with Crippen molar-refractivity contribution < 1.29 is 0 Å². The van der Waals surface area contributed by atoms with E-state index in [1.165, 1.54) is 59.1 Å². The predicted molar refractivity (Wildman–Crippen MR) is 86.5 cm³/mol. The molecule has 2 heteroatoms. The SMILES string of the molecule is CCCc1cccc2c(NCC)c3c(nc12)CCCC3. The molecule has 1 heterocycles. The molecule has 1 aliphatic rings. The van der Waals surface area contributed by atoms with Gasteiger partial charge in [0.15, 0.2) is 0 Å². The lowest BCUT2D eigenvalue weighted by molar-refractivity contribution is 0.672. The van der Waals surface area contributed by atoms with E-state index in [-0.39, 0.29) is 0 Å². The summed E-state index contributed by atoms with van der Waals surface area (Å²) in [7, 11) is 0. The summed E-state index contributed by atoms with van der Waals surface area (Å²) in [6.07, 6.45) is 7.20. The highest BCUT2D eigenvalue weighted by Gasteiger charge is 2.18. The number of rotatable bonds is 4. The number of aryl methyl sites for hydroxylation is 2. The molecule has 3 rings (SSSR count). The molecule has 0 radical (unpaired) electrons. The second kappa shape index (κ2) is 5.82. The van der Waals surface area contributed by atoms with Gasteiger partial charge in [0, 0.05) is 23.3 Å². The number of benzene rings is 1. The Balaban J connectivity index is 2.26. The van der Waals surface area contributed by atoms with Crippen LogP contribution in [0, 0.1) is 0 Å². The lowest BCUT2D eigenvalue weighted by Crippen LogP contribution is -2.11. The van der Waals surface area contributed by atoms with E-state index in [9.17, 15) is 0 Å². The van der Waals surface area contributed by atoms with Gasteiger partial charge in [0.2, 0.25) is 0 Å². The fourth-order valence-corrected chi connectivity index (χ4v) is 3.35. The Labute approximate surface area is 121 Å². The largest absolute Gasteiger partial charge is 0.384 e. The minimum atomic E-state index is 0.976. The van der Waals surface area contributed by atoms with Crippen LogP contribution in [0.1, 0.15) is 49.9 Å². The van der Waals surface area contributed by atoms with E-state index < -0.39 is 0 Å². The quantitative estimate of drug-likeness (QED) is 0.883. The summed E-state index contributed by atoms with van der Waals surface area (Å²) in [5, 5.41) is 4.93. The van der Waals surface area contributed by atoms with Crippen LogP contribution >= 0.6 is 0 Å². The second-order valence-corrected chi connectivity index (χ2v) is 5.71. The molecule has 1 aromatic heterocycles. The number of para-hydroxylation sites is 1. The molecule has 106 valence electrons. The van der Waals surface area contributed by atoms with Crippen molar-refractivity contribution in [1.29, 1.82) is 0 Å². The summed E-state index contributed by atoms with van der Waals surface area (Å²) < 4.78 is 0. The molecule has 1 aromatic carbocycles. The monoisotopic (exact) mass is 268 g/mol. The maximum atomic E-state index is 5.04. The number of anilines is 1. The zero-order valence-electron chi connectivity index (χ0n) is 12.6. The molecule has 0 atom stereocenters. The van der Waals surface area contributed by atoms with Crippen LogP contribution in [-0.2, 0) is 19.3 Å². The molecular formula is C18H24N2. The van der Waals surface area contributed by atoms with Crippen molar-refractivity contribution in [3.05, 3.63) is 35.0 Å². The smallest absolute Gasteiger partial charge is 0.0758 e. The first-order chi connectivity index (χ1) is 9.85. The highest BCUT2D eigenvalue weighted by molar-refractivity contribution is 5.95. The lowest BCUT2D eigenvalue weighted by Gasteiger charge is -2.22. The van der Waals surface area contributed by atoms with E-state index in [1.807, 2.05) is 0 Å². The summed E-state index contributed by atoms with van der Waals surface area (Å²) in [5.41, 5.74) is 6.79. The van der Waals surface area contributed by atoms with Crippen LogP contribution < -0.4 is 5.32 Å². The highest BCUT2D eigenvalue weighted by atomic mass is 14.9. The van der Waals surface area contributed by atoms with E-state index in [1.54, 1.807) is 0 Å². The fourth-order valence-electron chi connectivity index (χ4n) is 3.35. The Morgan fingerprint density at radius 3 is 2.80 bits per heavy atom. The van der Waals surface area contributed by atoms with Crippen molar-refractivity contribution in [2.75, 3.05) is 11.9 Å². The van der Waals surface area contributed by atoms with Crippen LogP contribution in [0.25, 0.3) is 10.9 Å². The normalized spacial score (nSPS) is 14.3. The molecule has 2 nitrogen and oxygen atoms in total. The minimum Gasteiger partial charge on any atom is -0.384 e. The van der Waals surface area contributed by atoms with Gasteiger partial charge in [0.25, 0.3) is 0 Å². The van der Waals surface area contributed by atoms with Gasteiger partial charge in [-0.15, -0.1) is 0 Å². The van der Waals surface area contributed by atoms with Gasteiger partial charge in [-0.2, -0.15) is 0 Å². The maximum Gasteiger partial charge on any atom is 0.0758 e. The topological polar surface area (TPSA) is 24.9 Å². The summed E-state index contributed by atoms with van der Waals surface area (Å²) >= 11 is 0. The molecule has 20 heavy (non-hydrogen) atoms. The number of nitrogens with zero attached hydrogens (tertiary/aromatic N) is 1. The number of aromatic nitrogens is 1. The number of fused-ring (bicyclic) bond motifs is 2. The first-order valence-electron chi connectivity index (χ1n) is 8.02. The molecule has 0 saturated carbocycles. The molecule has 2 aromatic rings. The van der Waals surface area contributed by atoms with Gasteiger partial charge in [-0.3, -0.25) is 4.98 Å². The highest BCUT2D eigenvalue weighted by Crippen LogP contribution is 2.34. The Kier molecular flexibility index (Phi) is 3.90. The summed E-state index contributed by atoms with van der Waals surface area (Å²) in [4.78, 5) is 5.04. The average molecular weight is 268 g/mol. The van der Waals surface area contributed by atoms with Crippen LogP contribution in [0.4, 0.5) is 5.69 Å². The van der Waals surface area contributed by atoms with Crippen LogP contribution in [0.5, 0.6) is 0 Å². The molecular weight excluding hydrogens is 244 g/mol. The molecule has 1 aliphatic carbocycles. The Hall–Kier alpha value is -1.57. The van der Waals surface area contributed by atoms with Gasteiger partial charge in [0.1, 0.15) is 0 Å². The van der Waals surface area contributed by atoms with Gasteiger partial charge in [-0.25, -0.2) is 0 Å². The number of nitrogens with one attached hydrogen (secondary N) is 1. The Morgan fingerprint density at radius 1 is 1.15 bits per heavy atom. The molecule has 0 fully saturated rings. The van der Waals surface area contributed by atoms with Crippen molar-refractivity contribution in [2.45, 2.75) is 52.4 Å². The van der Waals surface area contributed by atoms with E-state index >= 15 is 0 Å². The molecule has 0 unspecified atom stereocenters. The number of pyridine rings is 1. The molecule has 0 saturated heterocycles. The van der Waals surface area contributed by atoms with Gasteiger partial charge >= 0.3 is 0 Å². The molecule has 0 amide bonds. The van der Waals surface area contributed by atoms with Crippen LogP contribution in [0.3, 0.4) is 0 Å². The van der Waals surface area contributed by atoms with Crippen molar-refractivity contribution in [2.24, 2.45) is 0 Å². The zero-order chi connectivity index (χ0) is 13.9. The van der Waals surface area contributed by atoms with Crippen molar-refractivity contribution in [1.82, 2.24) is 4.98 Å². The summed E-state index contributed by atoms with van der Waals surface area (Å²) in [5.74, 6) is 0. The fraction of sp³-hybridized carbons (Fsp3) is 0.500. The Bertz CT molecular complexity index is 616. The van der Waals surface area contributed by atoms with Crippen LogP contribution in [0.15, 0.2) is 18.2 Å². The van der Waals surface area contributed by atoms with Crippen molar-refractivity contribution >= 4 is 16.6 Å². The predicted octanol–water partition coefficient (Wildman–Crippen LogP) is 4.50. The lowest BCUT2D eigenvalue weighted by atomic mass is 9.91. The third-order valence-corrected chi connectivity index (χ3v) is 4.25. The summed E-state index contributed by atoms with van der Waals surface area (Å²) in [6.45, 7) is 5.39. The van der Waals surface area contributed by atoms with Gasteiger partial charge < -0.3 is 5.32 Å². The van der Waals surface area contributed by atoms with E-state index in [0.29, 0.717) is 0 Å². The van der Waals surface area contributed by atoms with Crippen LogP contribution in [-0.4, -0.2) is 11.5 Å². The molecule has 0 spiro atoms. The van der Waals surface area contributed by atoms with E-state index in [4.69, 9.17) is 4.98 Å². The van der Waals surface area contributed by atoms with Crippen molar-refractivity contribution in [3.63, 3.8) is 0 Å². The maximum absolute atomic E-state index is 5.04. The molecule has 1 N–H and O–H groups in total. The molecule has 0 aliphatic heterocycles. The van der Waals surface area contributed by atoms with Gasteiger partial charge in [-0.05, 0) is 50.2 Å². The number of hydrogen-bond donors (Lipinski definition) is 1. The minimum absolute atomic E-state index is 0.976.